The van der Waals surface area contributed by atoms with Gasteiger partial charge in [0.15, 0.2) is 6.10 Å². The molecule has 0 radical (unpaired) electrons. The molecule has 11 N–H and O–H groups in total. The van der Waals surface area contributed by atoms with Crippen molar-refractivity contribution in [3.05, 3.63) is 0 Å². The molecule has 0 aromatic heterocycles. The molecule has 0 heterocycles. The lowest BCUT2D eigenvalue weighted by atomic mass is 10.0. The van der Waals surface area contributed by atoms with E-state index in [2.05, 4.69) is 5.73 Å². The van der Waals surface area contributed by atoms with Crippen LogP contribution < -0.4 is 11.5 Å². The predicted molar refractivity (Wildman–Crippen MR) is 72.8 cm³/mol. The van der Waals surface area contributed by atoms with Gasteiger partial charge in [-0.05, 0) is 6.42 Å². The number of nitrogens with two attached hydrogens (primary N) is 2. The monoisotopic (exact) mass is 342 g/mol. The third-order valence-corrected chi connectivity index (χ3v) is 2.53. The van der Waals surface area contributed by atoms with Gasteiger partial charge in [0.05, 0.1) is 6.61 Å². The number of carbonyl (C=O) groups is 3. The molecule has 0 aromatic carbocycles. The molecule has 0 aliphatic rings. The number of aliphatic hydroxyl groups excluding tert-OH is 5. The van der Waals surface area contributed by atoms with Gasteiger partial charge in [0.25, 0.3) is 0 Å². The maximum Gasteiger partial charge on any atom is 0.320 e. The molecule has 0 unspecified atom stereocenters. The summed E-state index contributed by atoms with van der Waals surface area (Å²) >= 11 is 0. The van der Waals surface area contributed by atoms with Crippen molar-refractivity contribution in [3.63, 3.8) is 0 Å². The van der Waals surface area contributed by atoms with Crippen LogP contribution in [0, 0.1) is 0 Å². The van der Waals surface area contributed by atoms with Gasteiger partial charge in [-0.25, -0.2) is 0 Å². The Balaban J connectivity index is 0. The fourth-order valence-corrected chi connectivity index (χ4v) is 1.09. The van der Waals surface area contributed by atoms with Gasteiger partial charge in [0.1, 0.15) is 24.4 Å². The molecule has 23 heavy (non-hydrogen) atoms. The number of hydrogen-bond acceptors (Lipinski definition) is 9. The van der Waals surface area contributed by atoms with Crippen LogP contribution in [0.1, 0.15) is 12.8 Å². The standard InChI is InChI=1S/C6H13NO6.C5H9NO4/c7-6(13)5(12)4(11)3(10)2(9)1-8;6-3(5(9)10)1-2-4(7)8/h2-5,8-12H,1H2,(H2,7,13);3H,1-2,6H2,(H,7,8)(H,9,10)/t2-,3-,4+,5-;3-/m10/s1. The van der Waals surface area contributed by atoms with Crippen LogP contribution in [0.2, 0.25) is 0 Å². The molecule has 0 rings (SSSR count). The van der Waals surface area contributed by atoms with Gasteiger partial charge in [-0.2, -0.15) is 0 Å². The number of carboxylic acids is 2. The van der Waals surface area contributed by atoms with E-state index in [-0.39, 0.29) is 12.8 Å². The Morgan fingerprint density at radius 1 is 0.957 bits per heavy atom. The van der Waals surface area contributed by atoms with Crippen LogP contribution >= 0.6 is 0 Å². The SMILES string of the molecule is NC(=O)[C@H](O)[C@@H](O)[C@H](O)[C@H](O)CO.N[C@@H](CCC(=O)O)C(=O)O. The highest BCUT2D eigenvalue weighted by atomic mass is 16.4. The Morgan fingerprint density at radius 3 is 1.74 bits per heavy atom. The lowest BCUT2D eigenvalue weighted by Crippen LogP contribution is -2.50. The first-order valence-corrected chi connectivity index (χ1v) is 6.28. The number of carbonyl (C=O) groups excluding carboxylic acids is 1. The van der Waals surface area contributed by atoms with Crippen molar-refractivity contribution in [1.82, 2.24) is 0 Å². The highest BCUT2D eigenvalue weighted by Gasteiger charge is 2.32. The van der Waals surface area contributed by atoms with Gasteiger partial charge in [0, 0.05) is 6.42 Å². The smallest absolute Gasteiger partial charge is 0.320 e. The summed E-state index contributed by atoms with van der Waals surface area (Å²) in [6.45, 7) is -0.802. The molecule has 0 saturated heterocycles. The zero-order valence-corrected chi connectivity index (χ0v) is 12.0. The molecule has 0 saturated carbocycles. The summed E-state index contributed by atoms with van der Waals surface area (Å²) in [6, 6.07) is -1.06. The highest BCUT2D eigenvalue weighted by molar-refractivity contribution is 5.79. The van der Waals surface area contributed by atoms with E-state index in [0.717, 1.165) is 0 Å². The molecule has 0 spiro atoms. The maximum atomic E-state index is 10.3. The number of hydrogen-bond donors (Lipinski definition) is 9. The first kappa shape index (κ1) is 23.4. The minimum absolute atomic E-state index is 0.0231. The van der Waals surface area contributed by atoms with Crippen LogP contribution in [-0.2, 0) is 14.4 Å². The van der Waals surface area contributed by atoms with Crippen LogP contribution in [0.25, 0.3) is 0 Å². The molecule has 1 amide bonds. The van der Waals surface area contributed by atoms with E-state index in [1.807, 2.05) is 0 Å². The molecule has 5 atom stereocenters. The molecule has 136 valence electrons. The molecule has 12 nitrogen and oxygen atoms in total. The summed E-state index contributed by atoms with van der Waals surface area (Å²) in [6.07, 6.45) is -7.58. The number of primary amides is 1. The summed E-state index contributed by atoms with van der Waals surface area (Å²) in [5, 5.41) is 60.2. The van der Waals surface area contributed by atoms with Crippen molar-refractivity contribution in [2.45, 2.75) is 43.3 Å². The van der Waals surface area contributed by atoms with Gasteiger partial charge in [0.2, 0.25) is 5.91 Å². The van der Waals surface area contributed by atoms with Crippen molar-refractivity contribution >= 4 is 17.8 Å². The summed E-state index contributed by atoms with van der Waals surface area (Å²) in [5.41, 5.74) is 9.61. The van der Waals surface area contributed by atoms with Crippen molar-refractivity contribution in [2.75, 3.05) is 6.61 Å². The second-order valence-corrected chi connectivity index (χ2v) is 4.46. The number of carboxylic acid groups (broad SMARTS) is 2. The van der Waals surface area contributed by atoms with Crippen molar-refractivity contribution < 1.29 is 50.1 Å². The summed E-state index contributed by atoms with van der Waals surface area (Å²) in [7, 11) is 0. The molecular weight excluding hydrogens is 320 g/mol. The van der Waals surface area contributed by atoms with E-state index in [1.54, 1.807) is 0 Å². The second kappa shape index (κ2) is 11.7. The summed E-state index contributed by atoms with van der Waals surface area (Å²) in [4.78, 5) is 30.2. The van der Waals surface area contributed by atoms with Gasteiger partial charge < -0.3 is 47.2 Å². The Morgan fingerprint density at radius 2 is 1.43 bits per heavy atom. The maximum absolute atomic E-state index is 10.3. The van der Waals surface area contributed by atoms with E-state index >= 15 is 0 Å². The first-order chi connectivity index (χ1) is 10.4. The van der Waals surface area contributed by atoms with Crippen LogP contribution in [0.3, 0.4) is 0 Å². The quantitative estimate of drug-likeness (QED) is 0.192. The number of amides is 1. The van der Waals surface area contributed by atoms with E-state index in [9.17, 15) is 14.4 Å². The average molecular weight is 342 g/mol. The van der Waals surface area contributed by atoms with Gasteiger partial charge in [-0.15, -0.1) is 0 Å². The number of aliphatic hydroxyl groups is 5. The lowest BCUT2D eigenvalue weighted by Gasteiger charge is -2.23. The van der Waals surface area contributed by atoms with Crippen LogP contribution in [-0.4, -0.2) is 90.7 Å². The van der Waals surface area contributed by atoms with Gasteiger partial charge in [-0.1, -0.05) is 0 Å². The largest absolute Gasteiger partial charge is 0.481 e. The molecular formula is C11H22N2O10. The average Bonchev–Trinajstić information content (AvgIpc) is 2.49. The summed E-state index contributed by atoms with van der Waals surface area (Å²) < 4.78 is 0. The minimum atomic E-state index is -1.98. The van der Waals surface area contributed by atoms with Gasteiger partial charge >= 0.3 is 11.9 Å². The van der Waals surface area contributed by atoms with Crippen molar-refractivity contribution in [2.24, 2.45) is 11.5 Å². The zero-order valence-electron chi connectivity index (χ0n) is 12.0. The van der Waals surface area contributed by atoms with E-state index in [1.165, 1.54) is 0 Å². The fourth-order valence-electron chi connectivity index (χ4n) is 1.09. The molecule has 0 bridgehead atoms. The Labute approximate surface area is 130 Å². The topological polar surface area (TPSA) is 245 Å². The fraction of sp³-hybridized carbons (Fsp3) is 0.727. The normalized spacial score (nSPS) is 17.0. The van der Waals surface area contributed by atoms with Crippen LogP contribution in [0.5, 0.6) is 0 Å². The third-order valence-electron chi connectivity index (χ3n) is 2.53. The van der Waals surface area contributed by atoms with E-state index in [0.29, 0.717) is 0 Å². The molecule has 0 aliphatic carbocycles. The minimum Gasteiger partial charge on any atom is -0.481 e. The molecule has 0 aromatic rings. The Hall–Kier alpha value is -1.83. The van der Waals surface area contributed by atoms with E-state index < -0.39 is 54.9 Å². The van der Waals surface area contributed by atoms with Crippen LogP contribution in [0.4, 0.5) is 0 Å². The predicted octanol–water partition coefficient (Wildman–Crippen LogP) is -4.83. The van der Waals surface area contributed by atoms with Crippen molar-refractivity contribution in [3.8, 4) is 0 Å². The van der Waals surface area contributed by atoms with Crippen LogP contribution in [0.15, 0.2) is 0 Å². The second-order valence-electron chi connectivity index (χ2n) is 4.46. The molecule has 0 aliphatic heterocycles. The molecule has 12 heteroatoms. The number of rotatable bonds is 9. The zero-order chi connectivity index (χ0) is 18.7. The summed E-state index contributed by atoms with van der Waals surface area (Å²) in [5.74, 6) is -3.42. The first-order valence-electron chi connectivity index (χ1n) is 6.28. The van der Waals surface area contributed by atoms with Crippen molar-refractivity contribution in [1.29, 1.82) is 0 Å². The number of aliphatic carboxylic acids is 2. The Kier molecular flexibility index (Phi) is 11.9. The Bertz CT molecular complexity index is 391. The highest BCUT2D eigenvalue weighted by Crippen LogP contribution is 2.04. The van der Waals surface area contributed by atoms with Gasteiger partial charge in [-0.3, -0.25) is 14.4 Å². The lowest BCUT2D eigenvalue weighted by molar-refractivity contribution is -0.146. The third kappa shape index (κ3) is 10.5. The molecule has 0 fully saturated rings. The van der Waals surface area contributed by atoms with E-state index in [4.69, 9.17) is 41.5 Å².